The highest BCUT2D eigenvalue weighted by Gasteiger charge is 2.05. The molecule has 0 saturated carbocycles. The van der Waals surface area contributed by atoms with Gasteiger partial charge in [0.15, 0.2) is 5.11 Å². The average molecular weight is 350 g/mol. The SMILES string of the molecule is CCN(CC)CCNC(=S)NC(=O)/C=C/c1cccc([N+](=O)[O-])c1. The van der Waals surface area contributed by atoms with Crippen LogP contribution in [-0.2, 0) is 4.79 Å². The largest absolute Gasteiger partial charge is 0.361 e. The van der Waals surface area contributed by atoms with Crippen molar-refractivity contribution < 1.29 is 9.72 Å². The molecule has 7 nitrogen and oxygen atoms in total. The van der Waals surface area contributed by atoms with Crippen LogP contribution >= 0.6 is 12.2 Å². The van der Waals surface area contributed by atoms with Gasteiger partial charge in [0.25, 0.3) is 5.69 Å². The van der Waals surface area contributed by atoms with Crippen LogP contribution in [0.15, 0.2) is 30.3 Å². The molecule has 0 unspecified atom stereocenters. The number of nitro groups is 1. The molecule has 0 aliphatic heterocycles. The summed E-state index contributed by atoms with van der Waals surface area (Å²) in [5.41, 5.74) is 0.547. The van der Waals surface area contributed by atoms with Gasteiger partial charge in [-0.3, -0.25) is 20.2 Å². The van der Waals surface area contributed by atoms with Crippen molar-refractivity contribution in [1.29, 1.82) is 0 Å². The Bertz CT molecular complexity index is 615. The van der Waals surface area contributed by atoms with E-state index in [9.17, 15) is 14.9 Å². The molecule has 0 heterocycles. The monoisotopic (exact) mass is 350 g/mol. The predicted molar refractivity (Wildman–Crippen MR) is 98.7 cm³/mol. The molecule has 0 radical (unpaired) electrons. The number of hydrogen-bond donors (Lipinski definition) is 2. The first kappa shape index (κ1) is 19.7. The molecule has 1 rings (SSSR count). The maximum Gasteiger partial charge on any atom is 0.270 e. The Kier molecular flexibility index (Phi) is 8.59. The topological polar surface area (TPSA) is 87.5 Å². The van der Waals surface area contributed by atoms with Gasteiger partial charge in [-0.1, -0.05) is 26.0 Å². The van der Waals surface area contributed by atoms with Crippen LogP contribution in [0.5, 0.6) is 0 Å². The highest BCUT2D eigenvalue weighted by molar-refractivity contribution is 7.80. The van der Waals surface area contributed by atoms with Crippen molar-refractivity contribution in [3.63, 3.8) is 0 Å². The molecule has 8 heteroatoms. The fraction of sp³-hybridized carbons (Fsp3) is 0.375. The van der Waals surface area contributed by atoms with Gasteiger partial charge in [0, 0.05) is 31.3 Å². The standard InChI is InChI=1S/C16H22N4O3S/c1-3-19(4-2)11-10-17-16(24)18-15(21)9-8-13-6-5-7-14(12-13)20(22)23/h5-9,12H,3-4,10-11H2,1-2H3,(H2,17,18,21,24)/b9-8+. The van der Waals surface area contributed by atoms with Gasteiger partial charge in [-0.25, -0.2) is 0 Å². The lowest BCUT2D eigenvalue weighted by atomic mass is 10.2. The third-order valence-corrected chi connectivity index (χ3v) is 3.60. The van der Waals surface area contributed by atoms with E-state index in [1.54, 1.807) is 12.1 Å². The number of non-ortho nitro benzene ring substituents is 1. The summed E-state index contributed by atoms with van der Waals surface area (Å²) in [7, 11) is 0. The molecule has 1 amide bonds. The molecule has 0 spiro atoms. The molecular weight excluding hydrogens is 328 g/mol. The van der Waals surface area contributed by atoms with E-state index in [0.29, 0.717) is 12.1 Å². The normalized spacial score (nSPS) is 10.8. The Morgan fingerprint density at radius 2 is 2.08 bits per heavy atom. The van der Waals surface area contributed by atoms with Crippen molar-refractivity contribution in [2.75, 3.05) is 26.2 Å². The molecule has 0 saturated heterocycles. The number of carbonyl (C=O) groups is 1. The molecule has 0 aliphatic rings. The van der Waals surface area contributed by atoms with Crippen molar-refractivity contribution in [3.8, 4) is 0 Å². The highest BCUT2D eigenvalue weighted by atomic mass is 32.1. The second kappa shape index (κ2) is 10.5. The second-order valence-electron chi connectivity index (χ2n) is 4.96. The zero-order chi connectivity index (χ0) is 17.9. The summed E-state index contributed by atoms with van der Waals surface area (Å²) in [5.74, 6) is -0.387. The summed E-state index contributed by atoms with van der Waals surface area (Å²) in [6.45, 7) is 7.58. The minimum Gasteiger partial charge on any atom is -0.361 e. The first-order valence-corrected chi connectivity index (χ1v) is 8.10. The molecule has 2 N–H and O–H groups in total. The van der Waals surface area contributed by atoms with Crippen molar-refractivity contribution in [2.45, 2.75) is 13.8 Å². The van der Waals surface area contributed by atoms with Crippen molar-refractivity contribution >= 4 is 35.0 Å². The maximum absolute atomic E-state index is 11.8. The van der Waals surface area contributed by atoms with E-state index >= 15 is 0 Å². The summed E-state index contributed by atoms with van der Waals surface area (Å²) in [6.07, 6.45) is 2.79. The van der Waals surface area contributed by atoms with Gasteiger partial charge in [0.1, 0.15) is 0 Å². The van der Waals surface area contributed by atoms with Crippen LogP contribution in [0.3, 0.4) is 0 Å². The summed E-state index contributed by atoms with van der Waals surface area (Å²) in [6, 6.07) is 6.03. The average Bonchev–Trinajstić information content (AvgIpc) is 2.57. The summed E-state index contributed by atoms with van der Waals surface area (Å²) in [4.78, 5) is 24.2. The number of benzene rings is 1. The Balaban J connectivity index is 2.43. The van der Waals surface area contributed by atoms with Gasteiger partial charge in [-0.15, -0.1) is 0 Å². The van der Waals surface area contributed by atoms with Gasteiger partial charge in [0.05, 0.1) is 4.92 Å². The van der Waals surface area contributed by atoms with Crippen LogP contribution in [0.1, 0.15) is 19.4 Å². The Morgan fingerprint density at radius 3 is 2.71 bits per heavy atom. The molecule has 1 aromatic carbocycles. The highest BCUT2D eigenvalue weighted by Crippen LogP contribution is 2.13. The van der Waals surface area contributed by atoms with E-state index < -0.39 is 4.92 Å². The molecular formula is C16H22N4O3S. The smallest absolute Gasteiger partial charge is 0.270 e. The number of amides is 1. The molecule has 24 heavy (non-hydrogen) atoms. The predicted octanol–water partition coefficient (Wildman–Crippen LogP) is 1.94. The molecule has 0 aromatic heterocycles. The second-order valence-corrected chi connectivity index (χ2v) is 5.37. The lowest BCUT2D eigenvalue weighted by molar-refractivity contribution is -0.384. The number of thiocarbonyl (C=S) groups is 1. The summed E-state index contributed by atoms with van der Waals surface area (Å²) >= 11 is 5.06. The minimum atomic E-state index is -0.480. The number of nitro benzene ring substituents is 1. The fourth-order valence-corrected chi connectivity index (χ4v) is 2.18. The lowest BCUT2D eigenvalue weighted by Crippen LogP contribution is -2.42. The van der Waals surface area contributed by atoms with E-state index in [1.807, 2.05) is 0 Å². The third-order valence-electron chi connectivity index (χ3n) is 3.35. The fourth-order valence-electron chi connectivity index (χ4n) is 1.98. The Hall–Kier alpha value is -2.32. The summed E-state index contributed by atoms with van der Waals surface area (Å²) in [5, 5.41) is 16.5. The Labute approximate surface area is 146 Å². The van der Waals surface area contributed by atoms with Crippen molar-refractivity contribution in [3.05, 3.63) is 46.0 Å². The van der Waals surface area contributed by atoms with E-state index in [1.165, 1.54) is 24.3 Å². The summed E-state index contributed by atoms with van der Waals surface area (Å²) < 4.78 is 0. The van der Waals surface area contributed by atoms with Crippen LogP contribution in [0, 0.1) is 10.1 Å². The minimum absolute atomic E-state index is 0.0221. The van der Waals surface area contributed by atoms with Crippen LogP contribution < -0.4 is 10.6 Å². The third kappa shape index (κ3) is 7.30. The zero-order valence-electron chi connectivity index (χ0n) is 13.8. The van der Waals surface area contributed by atoms with Gasteiger partial charge in [0.2, 0.25) is 5.91 Å². The van der Waals surface area contributed by atoms with Gasteiger partial charge >= 0.3 is 0 Å². The molecule has 1 aromatic rings. The molecule has 0 aliphatic carbocycles. The molecule has 130 valence electrons. The number of rotatable bonds is 8. The van der Waals surface area contributed by atoms with Crippen molar-refractivity contribution in [2.24, 2.45) is 0 Å². The van der Waals surface area contributed by atoms with Gasteiger partial charge in [-0.2, -0.15) is 0 Å². The van der Waals surface area contributed by atoms with Crippen LogP contribution in [0.25, 0.3) is 6.08 Å². The first-order chi connectivity index (χ1) is 11.5. The lowest BCUT2D eigenvalue weighted by Gasteiger charge is -2.18. The quantitative estimate of drug-likeness (QED) is 0.322. The maximum atomic E-state index is 11.8. The molecule has 0 bridgehead atoms. The van der Waals surface area contributed by atoms with Crippen LogP contribution in [0.4, 0.5) is 5.69 Å². The van der Waals surface area contributed by atoms with Gasteiger partial charge in [-0.05, 0) is 36.9 Å². The first-order valence-electron chi connectivity index (χ1n) is 7.70. The number of likely N-dealkylation sites (N-methyl/N-ethyl adjacent to an activating group) is 1. The van der Waals surface area contributed by atoms with E-state index in [-0.39, 0.29) is 16.7 Å². The number of carbonyl (C=O) groups excluding carboxylic acids is 1. The van der Waals surface area contributed by atoms with Crippen LogP contribution in [0.2, 0.25) is 0 Å². The van der Waals surface area contributed by atoms with E-state index in [0.717, 1.165) is 19.6 Å². The van der Waals surface area contributed by atoms with E-state index in [4.69, 9.17) is 12.2 Å². The zero-order valence-corrected chi connectivity index (χ0v) is 14.6. The number of nitrogens with zero attached hydrogens (tertiary/aromatic N) is 2. The Morgan fingerprint density at radius 1 is 1.38 bits per heavy atom. The number of nitrogens with one attached hydrogen (secondary N) is 2. The number of hydrogen-bond acceptors (Lipinski definition) is 5. The molecule has 0 fully saturated rings. The van der Waals surface area contributed by atoms with E-state index in [2.05, 4.69) is 29.4 Å². The van der Waals surface area contributed by atoms with Crippen molar-refractivity contribution in [1.82, 2.24) is 15.5 Å². The van der Waals surface area contributed by atoms with Crippen LogP contribution in [-0.4, -0.2) is 47.0 Å². The van der Waals surface area contributed by atoms with Gasteiger partial charge < -0.3 is 10.2 Å². The molecule has 0 atom stereocenters.